The molecule has 1 aliphatic rings. The quantitative estimate of drug-likeness (QED) is 0.680. The molecule has 0 bridgehead atoms. The molecule has 2 atom stereocenters. The van der Waals surface area contributed by atoms with Crippen molar-refractivity contribution in [3.8, 4) is 0 Å². The molecule has 110 valence electrons. The van der Waals surface area contributed by atoms with Crippen LogP contribution in [0.4, 0.5) is 0 Å². The summed E-state index contributed by atoms with van der Waals surface area (Å²) in [6.07, 6.45) is 4.57. The zero-order valence-electron chi connectivity index (χ0n) is 12.7. The predicted molar refractivity (Wildman–Crippen MR) is 96.8 cm³/mol. The van der Waals surface area contributed by atoms with Gasteiger partial charge in [0.1, 0.15) is 0 Å². The van der Waals surface area contributed by atoms with Gasteiger partial charge in [0, 0.05) is 0 Å². The number of rotatable bonds is 4. The summed E-state index contributed by atoms with van der Waals surface area (Å²) in [5, 5.41) is 12.1. The molecular weight excluding hydrogens is 274 g/mol. The van der Waals surface area contributed by atoms with Crippen molar-refractivity contribution in [1.29, 1.82) is 0 Å². The Kier molecular flexibility index (Phi) is 4.47. The van der Waals surface area contributed by atoms with Crippen LogP contribution in [-0.2, 0) is 0 Å². The molecule has 3 heteroatoms. The van der Waals surface area contributed by atoms with E-state index in [0.29, 0.717) is 5.66 Å². The van der Waals surface area contributed by atoms with Crippen molar-refractivity contribution < 1.29 is 5.11 Å². The first-order valence-electron chi connectivity index (χ1n) is 7.99. The summed E-state index contributed by atoms with van der Waals surface area (Å²) < 4.78 is 0. The monoisotopic (exact) mass is 298 g/mol. The van der Waals surface area contributed by atoms with Gasteiger partial charge in [0.25, 0.3) is 0 Å². The molecule has 0 saturated carbocycles. The zero-order valence-corrected chi connectivity index (χ0v) is 13.7. The summed E-state index contributed by atoms with van der Waals surface area (Å²) in [4.78, 5) is 0. The van der Waals surface area contributed by atoms with Crippen molar-refractivity contribution in [1.82, 2.24) is 0 Å². The number of hydrogen-bond acceptors (Lipinski definition) is 1. The van der Waals surface area contributed by atoms with Gasteiger partial charge < -0.3 is 0 Å². The van der Waals surface area contributed by atoms with E-state index in [4.69, 9.17) is 0 Å². The van der Waals surface area contributed by atoms with Crippen LogP contribution in [0.5, 0.6) is 0 Å². The van der Waals surface area contributed by atoms with Gasteiger partial charge in [0.15, 0.2) is 0 Å². The molecule has 2 aromatic rings. The van der Waals surface area contributed by atoms with Gasteiger partial charge in [-0.2, -0.15) is 0 Å². The average Bonchev–Trinajstić information content (AvgIpc) is 2.91. The minimum atomic E-state index is -1.45. The van der Waals surface area contributed by atoms with E-state index in [0.717, 1.165) is 12.0 Å². The van der Waals surface area contributed by atoms with E-state index in [2.05, 4.69) is 37.9 Å². The van der Waals surface area contributed by atoms with Gasteiger partial charge in [-0.15, -0.1) is 0 Å². The molecule has 0 spiro atoms. The molecule has 21 heavy (non-hydrogen) atoms. The Morgan fingerprint density at radius 2 is 1.67 bits per heavy atom. The third-order valence-electron chi connectivity index (χ3n) is 5.28. The topological polar surface area (TPSA) is 20.2 Å². The molecule has 3 rings (SSSR count). The Morgan fingerprint density at radius 1 is 1.05 bits per heavy atom. The molecule has 1 fully saturated rings. The summed E-state index contributed by atoms with van der Waals surface area (Å²) in [5.74, 6) is 0. The van der Waals surface area contributed by atoms with E-state index in [1.54, 1.807) is 5.30 Å². The SMILES string of the molecule is B[PH]1(c2ccccc2)CCCC1C[C@@H](O)c1ccccc1. The van der Waals surface area contributed by atoms with Gasteiger partial charge >= 0.3 is 129 Å². The molecule has 0 aliphatic carbocycles. The van der Waals surface area contributed by atoms with E-state index in [1.807, 2.05) is 30.3 Å². The minimum absolute atomic E-state index is 0.315. The Labute approximate surface area is 129 Å². The molecular formula is C18H24BOP. The molecule has 1 aliphatic heterocycles. The number of hydrogen-bond donors (Lipinski definition) is 1. The number of benzene rings is 2. The first-order valence-corrected chi connectivity index (χ1v) is 10.8. The van der Waals surface area contributed by atoms with Crippen LogP contribution in [0.1, 0.15) is 30.9 Å². The Bertz CT molecular complexity index is 574. The van der Waals surface area contributed by atoms with Crippen LogP contribution in [-0.4, -0.2) is 24.5 Å². The van der Waals surface area contributed by atoms with E-state index >= 15 is 0 Å². The predicted octanol–water partition coefficient (Wildman–Crippen LogP) is 2.90. The molecule has 1 saturated heterocycles. The summed E-state index contributed by atoms with van der Waals surface area (Å²) in [7, 11) is 1.06. The summed E-state index contributed by atoms with van der Waals surface area (Å²) >= 11 is 0. The van der Waals surface area contributed by atoms with Gasteiger partial charge in [0.2, 0.25) is 0 Å². The van der Waals surface area contributed by atoms with Crippen molar-refractivity contribution in [3.63, 3.8) is 0 Å². The van der Waals surface area contributed by atoms with Crippen LogP contribution in [0.2, 0.25) is 0 Å². The Balaban J connectivity index is 1.79. The summed E-state index contributed by atoms with van der Waals surface area (Å²) in [6.45, 7) is 0. The Morgan fingerprint density at radius 3 is 2.33 bits per heavy atom. The van der Waals surface area contributed by atoms with Crippen molar-refractivity contribution in [2.24, 2.45) is 0 Å². The second-order valence-corrected chi connectivity index (χ2v) is 11.3. The fraction of sp³-hybridized carbons (Fsp3) is 0.333. The van der Waals surface area contributed by atoms with E-state index in [1.165, 1.54) is 19.0 Å². The van der Waals surface area contributed by atoms with Crippen molar-refractivity contribution >= 4 is 20.0 Å². The third kappa shape index (κ3) is 3.07. The van der Waals surface area contributed by atoms with Gasteiger partial charge in [0.05, 0.1) is 0 Å². The molecule has 1 N–H and O–H groups in total. The van der Waals surface area contributed by atoms with E-state index in [-0.39, 0.29) is 6.10 Å². The van der Waals surface area contributed by atoms with Gasteiger partial charge in [-0.25, -0.2) is 0 Å². The normalized spacial score (nSPS) is 23.6. The van der Waals surface area contributed by atoms with Gasteiger partial charge in [-0.05, 0) is 0 Å². The second kappa shape index (κ2) is 6.34. The number of aliphatic hydroxyl groups excluding tert-OH is 1. The van der Waals surface area contributed by atoms with Crippen molar-refractivity contribution in [2.45, 2.75) is 31.0 Å². The third-order valence-corrected chi connectivity index (χ3v) is 10.6. The van der Waals surface area contributed by atoms with Crippen LogP contribution in [0.25, 0.3) is 0 Å². The Hall–Kier alpha value is -1.11. The maximum absolute atomic E-state index is 10.6. The standard InChI is InChI=1S/C18H24BOP/c19-21(16-10-5-2-6-11-16)13-7-12-17(21)14-18(20)15-8-3-1-4-9-15/h1-6,8-11,17-18,20-21H,7,12-14,19H2/t17?,18-/m1/s1. The fourth-order valence-electron chi connectivity index (χ4n) is 3.90. The van der Waals surface area contributed by atoms with Crippen LogP contribution in [0.15, 0.2) is 60.7 Å². The van der Waals surface area contributed by atoms with E-state index < -0.39 is 7.14 Å². The first-order chi connectivity index (χ1) is 10.2. The van der Waals surface area contributed by atoms with E-state index in [9.17, 15) is 5.11 Å². The fourth-order valence-corrected chi connectivity index (χ4v) is 8.54. The summed E-state index contributed by atoms with van der Waals surface area (Å²) in [6, 6.07) is 21.2. The summed E-state index contributed by atoms with van der Waals surface area (Å²) in [5.41, 5.74) is 1.75. The number of aliphatic hydroxyl groups is 1. The maximum atomic E-state index is 10.6. The molecule has 0 radical (unpaired) electrons. The molecule has 0 amide bonds. The zero-order chi connectivity index (χ0) is 14.7. The van der Waals surface area contributed by atoms with Crippen LogP contribution in [0, 0.1) is 0 Å². The molecule has 2 aromatic carbocycles. The average molecular weight is 298 g/mol. The van der Waals surface area contributed by atoms with Gasteiger partial charge in [-0.3, -0.25) is 0 Å². The second-order valence-electron chi connectivity index (χ2n) is 6.53. The van der Waals surface area contributed by atoms with Crippen LogP contribution in [0.3, 0.4) is 0 Å². The van der Waals surface area contributed by atoms with Gasteiger partial charge in [-0.1, -0.05) is 0 Å². The first kappa shape index (κ1) is 14.8. The molecule has 0 aromatic heterocycles. The van der Waals surface area contributed by atoms with Crippen LogP contribution < -0.4 is 5.30 Å². The van der Waals surface area contributed by atoms with Crippen molar-refractivity contribution in [3.05, 3.63) is 66.2 Å². The molecule has 1 heterocycles. The molecule has 1 unspecified atom stereocenters. The van der Waals surface area contributed by atoms with Crippen molar-refractivity contribution in [2.75, 3.05) is 6.16 Å². The molecule has 1 nitrogen and oxygen atoms in total. The van der Waals surface area contributed by atoms with Crippen LogP contribution >= 0.6 is 7.14 Å².